The van der Waals surface area contributed by atoms with Crippen LogP contribution in [0, 0.1) is 13.8 Å². The normalized spacial score (nSPS) is 19.7. The summed E-state index contributed by atoms with van der Waals surface area (Å²) in [7, 11) is -3.51. The number of nitrogens with zero attached hydrogens (tertiary/aromatic N) is 2. The average molecular weight is 802 g/mol. The quantitative estimate of drug-likeness (QED) is 0.110. The maximum Gasteiger partial charge on any atom is 0.229 e. The first-order chi connectivity index (χ1) is 26.8. The van der Waals surface area contributed by atoms with Crippen molar-refractivity contribution in [1.29, 1.82) is 0 Å². The summed E-state index contributed by atoms with van der Waals surface area (Å²) in [4.78, 5) is 9.18. The zero-order valence-corrected chi connectivity index (χ0v) is 35.0. The van der Waals surface area contributed by atoms with Crippen LogP contribution in [0.25, 0.3) is 0 Å². The third-order valence-corrected chi connectivity index (χ3v) is 13.9. The Morgan fingerprint density at radius 3 is 1.98 bits per heavy atom. The molecule has 8 rings (SSSR count). The maximum atomic E-state index is 12.9. The molecule has 0 aliphatic carbocycles. The van der Waals surface area contributed by atoms with Crippen molar-refractivity contribution in [2.75, 3.05) is 42.5 Å². The molecule has 2 fully saturated rings. The molecule has 0 bridgehead atoms. The Kier molecular flexibility index (Phi) is 12.0. The lowest BCUT2D eigenvalue weighted by atomic mass is 9.83. The number of sulfone groups is 1. The number of nitrogen functional groups attached to an aromatic ring is 1. The maximum absolute atomic E-state index is 12.9. The van der Waals surface area contributed by atoms with E-state index in [-0.39, 0.29) is 22.1 Å². The van der Waals surface area contributed by atoms with Crippen LogP contribution in [-0.4, -0.2) is 62.0 Å². The van der Waals surface area contributed by atoms with Crippen molar-refractivity contribution in [3.63, 3.8) is 0 Å². The highest BCUT2D eigenvalue weighted by Gasteiger charge is 2.32. The molecule has 0 unspecified atom stereocenters. The summed E-state index contributed by atoms with van der Waals surface area (Å²) in [5.41, 5.74) is 16.3. The highest BCUT2D eigenvalue weighted by molar-refractivity contribution is 7.92. The lowest BCUT2D eigenvalue weighted by molar-refractivity contribution is 0.255. The summed E-state index contributed by atoms with van der Waals surface area (Å²) in [6.07, 6.45) is 8.45. The number of hydrogen-bond acceptors (Lipinski definition) is 11. The first-order valence-corrected chi connectivity index (χ1v) is 22.0. The van der Waals surface area contributed by atoms with Gasteiger partial charge in [0.2, 0.25) is 5.95 Å². The standard InChI is InChI=1S/C28H34ClN5O3S.C15H22N2O/c1-16(2)38(35,36)24-8-6-5-7-22(24)32-27-21(29)15-31-28(34-27)33-23-13-17(3)25(19-9-11-30-12-10-19)20-14-18(4)37-26(20)23;1-9-7-13(16)15-12(8-10(2)18-15)14(9)11-3-5-17-6-4-11/h5-8,13,15-16,18-19,30H,9-12,14H2,1-4H3,(H2,31,32,33,34);7,10-11,17H,3-6,8,16H2,1-2H3/t18-;10-/m11/s1. The van der Waals surface area contributed by atoms with Crippen molar-refractivity contribution in [3.8, 4) is 11.5 Å². The predicted octanol–water partition coefficient (Wildman–Crippen LogP) is 8.27. The molecule has 300 valence electrons. The number of nitrogens with two attached hydrogens (primary N) is 1. The zero-order chi connectivity index (χ0) is 39.7. The second-order valence-electron chi connectivity index (χ2n) is 16.0. The molecule has 0 spiro atoms. The average Bonchev–Trinajstić information content (AvgIpc) is 3.76. The summed E-state index contributed by atoms with van der Waals surface area (Å²) >= 11 is 6.43. The Bertz CT molecular complexity index is 2190. The van der Waals surface area contributed by atoms with E-state index in [1.54, 1.807) is 38.1 Å². The van der Waals surface area contributed by atoms with Crippen LogP contribution >= 0.6 is 11.6 Å². The van der Waals surface area contributed by atoms with Crippen molar-refractivity contribution < 1.29 is 17.9 Å². The van der Waals surface area contributed by atoms with Gasteiger partial charge in [0, 0.05) is 24.0 Å². The minimum atomic E-state index is -3.51. The van der Waals surface area contributed by atoms with Crippen LogP contribution in [0.3, 0.4) is 0 Å². The highest BCUT2D eigenvalue weighted by atomic mass is 35.5. The van der Waals surface area contributed by atoms with E-state index in [4.69, 9.17) is 26.8 Å². The van der Waals surface area contributed by atoms with E-state index in [0.717, 1.165) is 74.7 Å². The molecule has 1 aromatic heterocycles. The fourth-order valence-corrected chi connectivity index (χ4v) is 10.2. The van der Waals surface area contributed by atoms with Crippen molar-refractivity contribution in [2.24, 2.45) is 0 Å². The molecule has 4 aromatic rings. The molecule has 13 heteroatoms. The van der Waals surface area contributed by atoms with Crippen LogP contribution in [0.4, 0.5) is 28.8 Å². The number of para-hydroxylation sites is 1. The number of aromatic nitrogens is 2. The first-order valence-electron chi connectivity index (χ1n) is 20.0. The molecule has 0 amide bonds. The zero-order valence-electron chi connectivity index (χ0n) is 33.4. The second-order valence-corrected chi connectivity index (χ2v) is 18.9. The van der Waals surface area contributed by atoms with E-state index in [1.165, 1.54) is 52.4 Å². The molecular weight excluding hydrogens is 746 g/mol. The Morgan fingerprint density at radius 2 is 1.38 bits per heavy atom. The van der Waals surface area contributed by atoms with E-state index in [9.17, 15) is 8.42 Å². The van der Waals surface area contributed by atoms with Crippen LogP contribution in [0.2, 0.25) is 5.02 Å². The van der Waals surface area contributed by atoms with Gasteiger partial charge in [-0.3, -0.25) is 0 Å². The van der Waals surface area contributed by atoms with Crippen LogP contribution < -0.4 is 36.5 Å². The van der Waals surface area contributed by atoms with Crippen LogP contribution in [0.1, 0.15) is 98.6 Å². The van der Waals surface area contributed by atoms with E-state index >= 15 is 0 Å². The lowest BCUT2D eigenvalue weighted by Crippen LogP contribution is -2.27. The van der Waals surface area contributed by atoms with Gasteiger partial charge in [-0.2, -0.15) is 4.98 Å². The predicted molar refractivity (Wildman–Crippen MR) is 226 cm³/mol. The van der Waals surface area contributed by atoms with E-state index in [1.807, 2.05) is 0 Å². The Labute approximate surface area is 336 Å². The lowest BCUT2D eigenvalue weighted by Gasteiger charge is -2.27. The molecule has 2 atom stereocenters. The summed E-state index contributed by atoms with van der Waals surface area (Å²) < 4.78 is 38.0. The number of nitrogens with one attached hydrogen (secondary N) is 4. The molecule has 5 heterocycles. The van der Waals surface area contributed by atoms with Gasteiger partial charge in [-0.15, -0.1) is 0 Å². The third-order valence-electron chi connectivity index (χ3n) is 11.5. The van der Waals surface area contributed by atoms with Crippen molar-refractivity contribution in [2.45, 2.75) is 114 Å². The number of halogens is 1. The van der Waals surface area contributed by atoms with Crippen molar-refractivity contribution in [1.82, 2.24) is 20.6 Å². The van der Waals surface area contributed by atoms with E-state index < -0.39 is 15.1 Å². The number of hydrogen-bond donors (Lipinski definition) is 5. The number of rotatable bonds is 8. The fraction of sp³-hybridized carbons (Fsp3) is 0.488. The molecule has 4 aliphatic heterocycles. The number of benzene rings is 3. The molecule has 2 saturated heterocycles. The van der Waals surface area contributed by atoms with Crippen molar-refractivity contribution in [3.05, 3.63) is 81.0 Å². The van der Waals surface area contributed by atoms with Crippen LogP contribution in [0.5, 0.6) is 11.5 Å². The van der Waals surface area contributed by atoms with Gasteiger partial charge >= 0.3 is 0 Å². The summed E-state index contributed by atoms with van der Waals surface area (Å²) in [6, 6.07) is 11.0. The molecule has 0 saturated carbocycles. The molecule has 6 N–H and O–H groups in total. The fourth-order valence-electron chi connectivity index (χ4n) is 8.82. The third kappa shape index (κ3) is 8.30. The van der Waals surface area contributed by atoms with Gasteiger partial charge in [0.25, 0.3) is 0 Å². The Morgan fingerprint density at radius 1 is 0.821 bits per heavy atom. The highest BCUT2D eigenvalue weighted by Crippen LogP contribution is 2.46. The molecule has 3 aromatic carbocycles. The summed E-state index contributed by atoms with van der Waals surface area (Å²) in [5, 5.41) is 13.1. The van der Waals surface area contributed by atoms with Gasteiger partial charge in [0.15, 0.2) is 15.7 Å². The molecule has 56 heavy (non-hydrogen) atoms. The summed E-state index contributed by atoms with van der Waals surface area (Å²) in [6.45, 7) is 16.2. The van der Waals surface area contributed by atoms with Gasteiger partial charge in [-0.1, -0.05) is 23.7 Å². The van der Waals surface area contributed by atoms with Crippen molar-refractivity contribution >= 4 is 50.3 Å². The Balaban J connectivity index is 0.000000222. The van der Waals surface area contributed by atoms with Gasteiger partial charge < -0.3 is 36.5 Å². The number of aryl methyl sites for hydroxylation is 2. The number of piperidine rings is 2. The smallest absolute Gasteiger partial charge is 0.229 e. The number of ether oxygens (including phenoxy) is 2. The molecule has 4 aliphatic rings. The van der Waals surface area contributed by atoms with Gasteiger partial charge in [0.1, 0.15) is 28.7 Å². The van der Waals surface area contributed by atoms with Crippen LogP contribution in [-0.2, 0) is 22.7 Å². The monoisotopic (exact) mass is 801 g/mol. The van der Waals surface area contributed by atoms with Gasteiger partial charge in [-0.25, -0.2) is 13.4 Å². The topological polar surface area (TPSA) is 153 Å². The SMILES string of the molecule is Cc1cc(N)c2c(c1C1CCNCC1)C[C@@H](C)O2.Cc1cc(Nc2ncc(Cl)c(Nc3ccccc3S(=O)(=O)C(C)C)n2)c2c(c1C1CCNCC1)C[C@@H](C)O2. The summed E-state index contributed by atoms with van der Waals surface area (Å²) in [5.74, 6) is 3.66. The minimum Gasteiger partial charge on any atom is -0.488 e. The minimum absolute atomic E-state index is 0.0931. The second kappa shape index (κ2) is 16.8. The Hall–Kier alpha value is -4.10. The molecular formula is C43H56ClN7O4S. The van der Waals surface area contributed by atoms with Gasteiger partial charge in [0.05, 0.1) is 33.4 Å². The molecule has 11 nitrogen and oxygen atoms in total. The van der Waals surface area contributed by atoms with Crippen LogP contribution in [0.15, 0.2) is 47.5 Å². The van der Waals surface area contributed by atoms with E-state index in [0.29, 0.717) is 29.3 Å². The first kappa shape index (κ1) is 40.1. The number of fused-ring (bicyclic) bond motifs is 2. The van der Waals surface area contributed by atoms with Gasteiger partial charge in [-0.05, 0) is 152 Å². The van der Waals surface area contributed by atoms with E-state index in [2.05, 4.69) is 71.1 Å². The largest absolute Gasteiger partial charge is 0.488 e. The molecule has 0 radical (unpaired) electrons. The number of anilines is 5.